The van der Waals surface area contributed by atoms with Crippen molar-refractivity contribution in [2.75, 3.05) is 20.1 Å². The van der Waals surface area contributed by atoms with Gasteiger partial charge in [0.1, 0.15) is 0 Å². The lowest BCUT2D eigenvalue weighted by Crippen LogP contribution is -2.38. The molecule has 0 radical (unpaired) electrons. The Kier molecular flexibility index (Phi) is 6.42. The van der Waals surface area contributed by atoms with Crippen molar-refractivity contribution in [1.29, 1.82) is 0 Å². The van der Waals surface area contributed by atoms with Crippen molar-refractivity contribution in [3.8, 4) is 0 Å². The van der Waals surface area contributed by atoms with Crippen LogP contribution in [0.1, 0.15) is 37.2 Å². The van der Waals surface area contributed by atoms with E-state index in [9.17, 15) is 4.79 Å². The molecule has 2 heterocycles. The Bertz CT molecular complexity index is 428. The lowest BCUT2D eigenvalue weighted by molar-refractivity contribution is 0.0737. The van der Waals surface area contributed by atoms with E-state index in [0.29, 0.717) is 11.6 Å². The third-order valence-electron chi connectivity index (χ3n) is 3.60. The summed E-state index contributed by atoms with van der Waals surface area (Å²) in [7, 11) is 1.84. The zero-order valence-electron chi connectivity index (χ0n) is 12.4. The van der Waals surface area contributed by atoms with E-state index in [1.54, 1.807) is 15.8 Å². The molecule has 1 N–H and O–H groups in total. The number of halogens is 1. The van der Waals surface area contributed by atoms with E-state index in [1.165, 1.54) is 0 Å². The first-order valence-electron chi connectivity index (χ1n) is 6.96. The maximum Gasteiger partial charge on any atom is 0.276 e. The van der Waals surface area contributed by atoms with Crippen molar-refractivity contribution < 1.29 is 4.79 Å². The lowest BCUT2D eigenvalue weighted by Gasteiger charge is -2.22. The van der Waals surface area contributed by atoms with Gasteiger partial charge in [-0.05, 0) is 25.3 Å². The molecule has 0 aromatic carbocycles. The van der Waals surface area contributed by atoms with Gasteiger partial charge in [-0.25, -0.2) is 0 Å². The van der Waals surface area contributed by atoms with Gasteiger partial charge in [0.2, 0.25) is 0 Å². The van der Waals surface area contributed by atoms with Crippen LogP contribution in [0.2, 0.25) is 0 Å². The molecule has 1 fully saturated rings. The number of carbonyl (C=O) groups is 1. The summed E-state index contributed by atoms with van der Waals surface area (Å²) in [4.78, 5) is 14.0. The Balaban J connectivity index is 0.00000200. The van der Waals surface area contributed by atoms with Gasteiger partial charge in [0.05, 0.1) is 6.20 Å². The van der Waals surface area contributed by atoms with Gasteiger partial charge >= 0.3 is 0 Å². The molecule has 0 saturated carbocycles. The number of hydrogen-bond donors (Lipinski definition) is 1. The summed E-state index contributed by atoms with van der Waals surface area (Å²) in [5.41, 5.74) is 0.443. The maximum atomic E-state index is 12.3. The van der Waals surface area contributed by atoms with Gasteiger partial charge in [-0.15, -0.1) is 17.5 Å². The Morgan fingerprint density at radius 2 is 2.35 bits per heavy atom. The van der Waals surface area contributed by atoms with E-state index >= 15 is 0 Å². The van der Waals surface area contributed by atoms with Gasteiger partial charge in [0.25, 0.3) is 5.91 Å². The summed E-state index contributed by atoms with van der Waals surface area (Å²) < 4.78 is 1.76. The van der Waals surface area contributed by atoms with Crippen molar-refractivity contribution in [2.24, 2.45) is 5.92 Å². The van der Waals surface area contributed by atoms with Gasteiger partial charge < -0.3 is 10.2 Å². The number of likely N-dealkylation sites (N-methyl/N-ethyl adjacent to an activating group) is 1. The normalized spacial score (nSPS) is 18.1. The second kappa shape index (κ2) is 7.59. The summed E-state index contributed by atoms with van der Waals surface area (Å²) in [6.07, 6.45) is 3.80. The summed E-state index contributed by atoms with van der Waals surface area (Å²) in [5.74, 6) is 0.583. The van der Waals surface area contributed by atoms with Gasteiger partial charge in [-0.1, -0.05) is 19.1 Å². The monoisotopic (exact) mass is 301 g/mol. The van der Waals surface area contributed by atoms with Crippen molar-refractivity contribution in [3.63, 3.8) is 0 Å². The highest BCUT2D eigenvalue weighted by atomic mass is 35.5. The standard InChI is InChI=1S/C13H23N5O.ClH/c1-10(2)5-7-18-9-12(15-16-18)13(19)17(3)11-4-6-14-8-11;/h9-11,14H,4-8H2,1-3H3;1H. The van der Waals surface area contributed by atoms with Crippen LogP contribution in [-0.4, -0.2) is 52.0 Å². The molecular weight excluding hydrogens is 278 g/mol. The van der Waals surface area contributed by atoms with E-state index in [0.717, 1.165) is 32.5 Å². The summed E-state index contributed by atoms with van der Waals surface area (Å²) in [6.45, 7) is 6.99. The van der Waals surface area contributed by atoms with Gasteiger partial charge in [0.15, 0.2) is 5.69 Å². The Morgan fingerprint density at radius 3 is 2.95 bits per heavy atom. The van der Waals surface area contributed by atoms with Crippen LogP contribution in [0.5, 0.6) is 0 Å². The highest BCUT2D eigenvalue weighted by Gasteiger charge is 2.25. The molecule has 1 aliphatic rings. The minimum Gasteiger partial charge on any atom is -0.336 e. The fourth-order valence-electron chi connectivity index (χ4n) is 2.21. The van der Waals surface area contributed by atoms with Crippen LogP contribution < -0.4 is 5.32 Å². The Hall–Kier alpha value is -1.14. The fraction of sp³-hybridized carbons (Fsp3) is 0.769. The average Bonchev–Trinajstić information content (AvgIpc) is 3.05. The molecule has 1 unspecified atom stereocenters. The molecule has 1 saturated heterocycles. The largest absolute Gasteiger partial charge is 0.336 e. The van der Waals surface area contributed by atoms with Crippen LogP contribution in [-0.2, 0) is 6.54 Å². The molecule has 20 heavy (non-hydrogen) atoms. The first-order valence-corrected chi connectivity index (χ1v) is 6.96. The first-order chi connectivity index (χ1) is 9.08. The number of nitrogens with zero attached hydrogens (tertiary/aromatic N) is 4. The SMILES string of the molecule is CC(C)CCn1cc(C(=O)N(C)C2CCNC2)nn1.Cl. The fourth-order valence-corrected chi connectivity index (χ4v) is 2.21. The molecule has 1 atom stereocenters. The molecule has 6 nitrogen and oxygen atoms in total. The Morgan fingerprint density at radius 1 is 1.60 bits per heavy atom. The minimum absolute atomic E-state index is 0. The lowest BCUT2D eigenvalue weighted by atomic mass is 10.1. The third kappa shape index (κ3) is 4.18. The van der Waals surface area contributed by atoms with E-state index in [1.807, 2.05) is 7.05 Å². The zero-order valence-corrected chi connectivity index (χ0v) is 13.2. The highest BCUT2D eigenvalue weighted by Crippen LogP contribution is 2.10. The molecular formula is C13H24ClN5O. The average molecular weight is 302 g/mol. The van der Waals surface area contributed by atoms with Crippen LogP contribution in [0, 0.1) is 5.92 Å². The first kappa shape index (κ1) is 16.9. The van der Waals surface area contributed by atoms with Crippen LogP contribution in [0.15, 0.2) is 6.20 Å². The molecule has 1 amide bonds. The van der Waals surface area contributed by atoms with Crippen LogP contribution in [0.25, 0.3) is 0 Å². The van der Waals surface area contributed by atoms with E-state index < -0.39 is 0 Å². The molecule has 2 rings (SSSR count). The third-order valence-corrected chi connectivity index (χ3v) is 3.60. The topological polar surface area (TPSA) is 63.1 Å². The molecule has 1 aromatic heterocycles. The molecule has 0 aliphatic carbocycles. The molecule has 7 heteroatoms. The van der Waals surface area contributed by atoms with Crippen LogP contribution in [0.4, 0.5) is 0 Å². The molecule has 1 aromatic rings. The maximum absolute atomic E-state index is 12.3. The Labute approximate surface area is 126 Å². The highest BCUT2D eigenvalue weighted by molar-refractivity contribution is 5.92. The quantitative estimate of drug-likeness (QED) is 0.887. The van der Waals surface area contributed by atoms with E-state index in [-0.39, 0.29) is 24.4 Å². The number of rotatable bonds is 5. The summed E-state index contributed by atoms with van der Waals surface area (Å²) >= 11 is 0. The minimum atomic E-state index is -0.0375. The number of hydrogen-bond acceptors (Lipinski definition) is 4. The van der Waals surface area contributed by atoms with E-state index in [4.69, 9.17) is 0 Å². The second-order valence-corrected chi connectivity index (χ2v) is 5.61. The predicted octanol–water partition coefficient (Wildman–Crippen LogP) is 1.18. The van der Waals surface area contributed by atoms with Crippen LogP contribution >= 0.6 is 12.4 Å². The van der Waals surface area contributed by atoms with Crippen molar-refractivity contribution in [3.05, 3.63) is 11.9 Å². The number of aromatic nitrogens is 3. The summed E-state index contributed by atoms with van der Waals surface area (Å²) in [5, 5.41) is 11.3. The van der Waals surface area contributed by atoms with Crippen molar-refractivity contribution in [2.45, 2.75) is 39.3 Å². The number of nitrogens with one attached hydrogen (secondary N) is 1. The number of aryl methyl sites for hydroxylation is 1. The molecule has 0 spiro atoms. The number of carbonyl (C=O) groups excluding carboxylic acids is 1. The second-order valence-electron chi connectivity index (χ2n) is 5.61. The van der Waals surface area contributed by atoms with Crippen molar-refractivity contribution in [1.82, 2.24) is 25.2 Å². The molecule has 0 bridgehead atoms. The summed E-state index contributed by atoms with van der Waals surface area (Å²) in [6, 6.07) is 0.272. The van der Waals surface area contributed by atoms with Gasteiger partial charge in [0, 0.05) is 26.2 Å². The van der Waals surface area contributed by atoms with Crippen molar-refractivity contribution >= 4 is 18.3 Å². The van der Waals surface area contributed by atoms with Crippen LogP contribution in [0.3, 0.4) is 0 Å². The molecule has 114 valence electrons. The number of amides is 1. The zero-order chi connectivity index (χ0) is 13.8. The van der Waals surface area contributed by atoms with Gasteiger partial charge in [-0.2, -0.15) is 0 Å². The van der Waals surface area contributed by atoms with E-state index in [2.05, 4.69) is 29.5 Å². The van der Waals surface area contributed by atoms with Gasteiger partial charge in [-0.3, -0.25) is 9.48 Å². The predicted molar refractivity (Wildman–Crippen MR) is 80.1 cm³/mol. The molecule has 1 aliphatic heterocycles. The smallest absolute Gasteiger partial charge is 0.276 e.